The highest BCUT2D eigenvalue weighted by Crippen LogP contribution is 2.30. The van der Waals surface area contributed by atoms with Crippen LogP contribution >= 0.6 is 0 Å². The van der Waals surface area contributed by atoms with Crippen LogP contribution in [0.4, 0.5) is 5.82 Å². The van der Waals surface area contributed by atoms with Gasteiger partial charge in [0.15, 0.2) is 11.4 Å². The van der Waals surface area contributed by atoms with Gasteiger partial charge in [-0.3, -0.25) is 5.43 Å². The normalized spacial score (nSPS) is 12.1. The maximum Gasteiger partial charge on any atom is 0.197 e. The summed E-state index contributed by atoms with van der Waals surface area (Å²) in [5.41, 5.74) is 5.75. The van der Waals surface area contributed by atoms with Crippen LogP contribution in [0.1, 0.15) is 12.7 Å². The zero-order valence-electron chi connectivity index (χ0n) is 11.8. The van der Waals surface area contributed by atoms with Gasteiger partial charge >= 0.3 is 0 Å². The van der Waals surface area contributed by atoms with Crippen LogP contribution in [0.5, 0.6) is 0 Å². The van der Waals surface area contributed by atoms with Crippen LogP contribution in [0.2, 0.25) is 0 Å². The molecule has 0 saturated heterocycles. The van der Waals surface area contributed by atoms with Gasteiger partial charge in [0.1, 0.15) is 28.9 Å². The number of furan rings is 2. The summed E-state index contributed by atoms with van der Waals surface area (Å²) < 4.78 is 11.1. The van der Waals surface area contributed by atoms with E-state index in [0.29, 0.717) is 22.9 Å². The summed E-state index contributed by atoms with van der Waals surface area (Å²) in [6.45, 7) is 1.85. The molecule has 6 heteroatoms. The molecule has 0 unspecified atom stereocenters. The summed E-state index contributed by atoms with van der Waals surface area (Å²) in [5, 5.41) is 5.23. The number of anilines is 1. The van der Waals surface area contributed by atoms with Gasteiger partial charge in [0.2, 0.25) is 0 Å². The molecule has 6 nitrogen and oxygen atoms in total. The van der Waals surface area contributed by atoms with E-state index in [1.54, 1.807) is 6.26 Å². The standard InChI is InChI=1S/C16H12N4O2/c1-10(12-7-4-8-21-12)19-20-16-15-14(17-9-18-16)11-5-2-3-6-13(11)22-15/h2-9H,1H3,(H,17,18,20)/b19-10-. The van der Waals surface area contributed by atoms with Crippen molar-refractivity contribution in [3.63, 3.8) is 0 Å². The van der Waals surface area contributed by atoms with E-state index in [2.05, 4.69) is 20.5 Å². The van der Waals surface area contributed by atoms with Crippen LogP contribution in [0.3, 0.4) is 0 Å². The Morgan fingerprint density at radius 2 is 2.05 bits per heavy atom. The van der Waals surface area contributed by atoms with Gasteiger partial charge in [0, 0.05) is 5.39 Å². The Bertz CT molecular complexity index is 970. The number of hydrogen-bond acceptors (Lipinski definition) is 6. The Morgan fingerprint density at radius 1 is 1.14 bits per heavy atom. The highest BCUT2D eigenvalue weighted by molar-refractivity contribution is 6.05. The largest absolute Gasteiger partial charge is 0.463 e. The molecule has 0 fully saturated rings. The zero-order valence-corrected chi connectivity index (χ0v) is 11.8. The van der Waals surface area contributed by atoms with Gasteiger partial charge in [0.05, 0.1) is 6.26 Å². The summed E-state index contributed by atoms with van der Waals surface area (Å²) in [4.78, 5) is 8.50. The van der Waals surface area contributed by atoms with Gasteiger partial charge in [-0.25, -0.2) is 9.97 Å². The van der Waals surface area contributed by atoms with Gasteiger partial charge in [-0.15, -0.1) is 0 Å². The van der Waals surface area contributed by atoms with Crippen molar-refractivity contribution < 1.29 is 8.83 Å². The molecule has 4 rings (SSSR count). The third kappa shape index (κ3) is 2.01. The molecule has 22 heavy (non-hydrogen) atoms. The van der Waals surface area contributed by atoms with Crippen LogP contribution in [0.15, 0.2) is 62.9 Å². The number of hydrazone groups is 1. The van der Waals surface area contributed by atoms with E-state index < -0.39 is 0 Å². The molecule has 0 aliphatic rings. The van der Waals surface area contributed by atoms with Crippen LogP contribution < -0.4 is 5.43 Å². The molecule has 0 saturated carbocycles. The maximum absolute atomic E-state index is 5.83. The number of rotatable bonds is 3. The molecule has 0 radical (unpaired) electrons. The van der Waals surface area contributed by atoms with Crippen molar-refractivity contribution in [3.05, 3.63) is 54.7 Å². The minimum absolute atomic E-state index is 0.520. The molecule has 0 aliphatic heterocycles. The van der Waals surface area contributed by atoms with Crippen LogP contribution in [0.25, 0.3) is 22.1 Å². The van der Waals surface area contributed by atoms with E-state index in [1.165, 1.54) is 6.33 Å². The van der Waals surface area contributed by atoms with Crippen molar-refractivity contribution >= 4 is 33.6 Å². The molecule has 108 valence electrons. The topological polar surface area (TPSA) is 76.5 Å². The molecular weight excluding hydrogens is 280 g/mol. The summed E-state index contributed by atoms with van der Waals surface area (Å²) >= 11 is 0. The number of fused-ring (bicyclic) bond motifs is 3. The van der Waals surface area contributed by atoms with Gasteiger partial charge in [0.25, 0.3) is 0 Å². The fraction of sp³-hybridized carbons (Fsp3) is 0.0625. The molecule has 3 aromatic heterocycles. The minimum atomic E-state index is 0.520. The number of aromatic nitrogens is 2. The highest BCUT2D eigenvalue weighted by atomic mass is 16.3. The lowest BCUT2D eigenvalue weighted by molar-refractivity contribution is 0.557. The SMILES string of the molecule is C/C(=N/Nc1ncnc2c1oc1ccccc12)c1ccco1. The number of nitrogens with zero attached hydrogens (tertiary/aromatic N) is 3. The van der Waals surface area contributed by atoms with Gasteiger partial charge in [-0.1, -0.05) is 12.1 Å². The summed E-state index contributed by atoms with van der Waals surface area (Å²) in [6.07, 6.45) is 3.10. The number of hydrogen-bond donors (Lipinski definition) is 1. The first kappa shape index (κ1) is 12.6. The summed E-state index contributed by atoms with van der Waals surface area (Å²) in [5.74, 6) is 1.22. The minimum Gasteiger partial charge on any atom is -0.463 e. The molecule has 1 N–H and O–H groups in total. The average molecular weight is 292 g/mol. The molecule has 0 aliphatic carbocycles. The molecule has 0 atom stereocenters. The molecule has 0 spiro atoms. The van der Waals surface area contributed by atoms with E-state index >= 15 is 0 Å². The second-order valence-electron chi connectivity index (χ2n) is 4.78. The van der Waals surface area contributed by atoms with E-state index in [-0.39, 0.29) is 0 Å². The second-order valence-corrected chi connectivity index (χ2v) is 4.78. The highest BCUT2D eigenvalue weighted by Gasteiger charge is 2.12. The molecule has 1 aromatic carbocycles. The first-order valence-electron chi connectivity index (χ1n) is 6.79. The Balaban J connectivity index is 1.77. The third-order valence-electron chi connectivity index (χ3n) is 3.37. The van der Waals surface area contributed by atoms with Crippen molar-refractivity contribution in [2.45, 2.75) is 6.92 Å². The van der Waals surface area contributed by atoms with Crippen molar-refractivity contribution in [2.24, 2.45) is 5.10 Å². The predicted octanol–water partition coefficient (Wildman–Crippen LogP) is 3.81. The Morgan fingerprint density at radius 3 is 2.91 bits per heavy atom. The average Bonchev–Trinajstić information content (AvgIpc) is 3.20. The lowest BCUT2D eigenvalue weighted by Crippen LogP contribution is -2.00. The predicted molar refractivity (Wildman–Crippen MR) is 83.9 cm³/mol. The number of nitrogens with one attached hydrogen (secondary N) is 1. The van der Waals surface area contributed by atoms with E-state index in [0.717, 1.165) is 16.5 Å². The fourth-order valence-corrected chi connectivity index (χ4v) is 2.28. The monoisotopic (exact) mass is 292 g/mol. The molecule has 0 amide bonds. The Labute approximate surface area is 125 Å². The number of benzene rings is 1. The van der Waals surface area contributed by atoms with Crippen molar-refractivity contribution in [3.8, 4) is 0 Å². The van der Waals surface area contributed by atoms with E-state index in [4.69, 9.17) is 8.83 Å². The van der Waals surface area contributed by atoms with Gasteiger partial charge in [-0.05, 0) is 31.2 Å². The van der Waals surface area contributed by atoms with Crippen molar-refractivity contribution in [1.29, 1.82) is 0 Å². The quantitative estimate of drug-likeness (QED) is 0.459. The van der Waals surface area contributed by atoms with Crippen LogP contribution in [-0.2, 0) is 0 Å². The first-order chi connectivity index (χ1) is 10.8. The van der Waals surface area contributed by atoms with Gasteiger partial charge in [-0.2, -0.15) is 5.10 Å². The first-order valence-corrected chi connectivity index (χ1v) is 6.79. The Kier molecular flexibility index (Phi) is 2.86. The molecule has 4 aromatic rings. The Hall–Kier alpha value is -3.15. The number of para-hydroxylation sites is 1. The van der Waals surface area contributed by atoms with Crippen molar-refractivity contribution in [2.75, 3.05) is 5.43 Å². The van der Waals surface area contributed by atoms with E-state index in [1.807, 2.05) is 43.3 Å². The zero-order chi connectivity index (χ0) is 14.9. The van der Waals surface area contributed by atoms with Crippen LogP contribution in [-0.4, -0.2) is 15.7 Å². The smallest absolute Gasteiger partial charge is 0.197 e. The molecular formula is C16H12N4O2. The third-order valence-corrected chi connectivity index (χ3v) is 3.37. The molecule has 3 heterocycles. The fourth-order valence-electron chi connectivity index (χ4n) is 2.28. The van der Waals surface area contributed by atoms with Gasteiger partial charge < -0.3 is 8.83 Å². The lowest BCUT2D eigenvalue weighted by atomic mass is 10.2. The summed E-state index contributed by atoms with van der Waals surface area (Å²) in [7, 11) is 0. The second kappa shape index (κ2) is 5.00. The van der Waals surface area contributed by atoms with Crippen molar-refractivity contribution in [1.82, 2.24) is 9.97 Å². The summed E-state index contributed by atoms with van der Waals surface area (Å²) in [6, 6.07) is 11.4. The van der Waals surface area contributed by atoms with E-state index in [9.17, 15) is 0 Å². The maximum atomic E-state index is 5.83. The van der Waals surface area contributed by atoms with Crippen LogP contribution in [0, 0.1) is 0 Å². The molecule has 0 bridgehead atoms. The lowest BCUT2D eigenvalue weighted by Gasteiger charge is -2.00.